The molecule has 0 radical (unpaired) electrons. The van der Waals surface area contributed by atoms with Crippen LogP contribution in [0.25, 0.3) is 0 Å². The molecule has 0 spiro atoms. The van der Waals surface area contributed by atoms with Gasteiger partial charge in [0.2, 0.25) is 11.8 Å². The summed E-state index contributed by atoms with van der Waals surface area (Å²) in [4.78, 5) is 19.0. The fourth-order valence-corrected chi connectivity index (χ4v) is 5.24. The van der Waals surface area contributed by atoms with Gasteiger partial charge in [-0.05, 0) is 25.7 Å². The highest BCUT2D eigenvalue weighted by Gasteiger charge is 2.41. The molecule has 2 N–H and O–H groups in total. The fraction of sp³-hybridized carbons (Fsp3) is 0.600. The second-order valence-corrected chi connectivity index (χ2v) is 8.89. The fourth-order valence-electron chi connectivity index (χ4n) is 4.56. The summed E-state index contributed by atoms with van der Waals surface area (Å²) in [5.74, 6) is 1.71. The maximum absolute atomic E-state index is 9.25. The Balaban J connectivity index is 1.50. The van der Waals surface area contributed by atoms with Crippen molar-refractivity contribution in [1.82, 2.24) is 19.9 Å². The van der Waals surface area contributed by atoms with Crippen LogP contribution in [0.1, 0.15) is 37.0 Å². The molecule has 160 valence electrons. The molecule has 0 amide bonds. The Kier molecular flexibility index (Phi) is 6.32. The molecule has 2 aliphatic rings. The summed E-state index contributed by atoms with van der Waals surface area (Å²) in [6, 6.07) is 5.42. The molecule has 2 aliphatic heterocycles. The van der Waals surface area contributed by atoms with Crippen LogP contribution < -0.4 is 15.0 Å². The molecule has 2 fully saturated rings. The molecular formula is C20H27N7O2S. The first-order chi connectivity index (χ1) is 14.6. The number of aliphatic hydroxyl groups is 1. The van der Waals surface area contributed by atoms with Crippen LogP contribution in [0.3, 0.4) is 0 Å². The minimum absolute atomic E-state index is 0.0319. The maximum Gasteiger partial charge on any atom is 0.230 e. The van der Waals surface area contributed by atoms with Crippen molar-refractivity contribution in [2.45, 2.75) is 56.8 Å². The zero-order valence-corrected chi connectivity index (χ0v) is 18.1. The topological polar surface area (TPSA) is 110 Å². The van der Waals surface area contributed by atoms with Gasteiger partial charge in [-0.15, -0.1) is 0 Å². The van der Waals surface area contributed by atoms with Crippen molar-refractivity contribution in [3.63, 3.8) is 0 Å². The quantitative estimate of drug-likeness (QED) is 0.654. The largest absolute Gasteiger partial charge is 0.481 e. The molecule has 2 aromatic rings. The van der Waals surface area contributed by atoms with E-state index < -0.39 is 0 Å². The molecule has 2 aromatic heterocycles. The van der Waals surface area contributed by atoms with Gasteiger partial charge in [0, 0.05) is 50.4 Å². The Bertz CT molecular complexity index is 901. The molecule has 2 saturated heterocycles. The van der Waals surface area contributed by atoms with E-state index in [1.54, 1.807) is 19.4 Å². The van der Waals surface area contributed by atoms with E-state index in [0.29, 0.717) is 47.3 Å². The smallest absolute Gasteiger partial charge is 0.230 e. The summed E-state index contributed by atoms with van der Waals surface area (Å²) in [7, 11) is 3.64. The predicted octanol–water partition coefficient (Wildman–Crippen LogP) is 2.52. The minimum atomic E-state index is -0.0319. The lowest BCUT2D eigenvalue weighted by molar-refractivity contribution is 0.129. The molecular weight excluding hydrogens is 402 g/mol. The van der Waals surface area contributed by atoms with Crippen LogP contribution in [-0.4, -0.2) is 63.8 Å². The molecule has 3 atom stereocenters. The summed E-state index contributed by atoms with van der Waals surface area (Å²) in [5, 5.41) is 22.0. The van der Waals surface area contributed by atoms with E-state index in [4.69, 9.17) is 15.0 Å². The lowest BCUT2D eigenvalue weighted by atomic mass is 9.96. The van der Waals surface area contributed by atoms with Crippen LogP contribution in [0.5, 0.6) is 5.88 Å². The second-order valence-electron chi connectivity index (χ2n) is 7.78. The average Bonchev–Trinajstić information content (AvgIpc) is 3.31. The SMILES string of the molecule is COc1cc(Nc2ncc(CO)s2)nc(N(C)C2C[C@H]3CC[C@@H](C2)N3CCC#N)n1. The zero-order valence-electron chi connectivity index (χ0n) is 17.3. The maximum atomic E-state index is 9.25. The van der Waals surface area contributed by atoms with Gasteiger partial charge in [0.15, 0.2) is 5.13 Å². The van der Waals surface area contributed by atoms with E-state index in [2.05, 4.69) is 31.2 Å². The summed E-state index contributed by atoms with van der Waals surface area (Å²) in [5.41, 5.74) is 0. The van der Waals surface area contributed by atoms with Gasteiger partial charge in [-0.3, -0.25) is 4.90 Å². The summed E-state index contributed by atoms with van der Waals surface area (Å²) in [6.07, 6.45) is 6.74. The van der Waals surface area contributed by atoms with Crippen LogP contribution in [-0.2, 0) is 6.61 Å². The van der Waals surface area contributed by atoms with Crippen molar-refractivity contribution in [2.24, 2.45) is 0 Å². The number of aliphatic hydroxyl groups excluding tert-OH is 1. The number of hydrogen-bond donors (Lipinski definition) is 2. The number of rotatable bonds is 8. The molecule has 2 bridgehead atoms. The average molecular weight is 430 g/mol. The van der Waals surface area contributed by atoms with Crippen molar-refractivity contribution in [3.05, 3.63) is 17.1 Å². The number of nitrogens with one attached hydrogen (secondary N) is 1. The van der Waals surface area contributed by atoms with Crippen molar-refractivity contribution in [2.75, 3.05) is 30.9 Å². The standard InChI is InChI=1S/C20H27N7O2S/c1-26(15-8-13-4-5-14(9-15)27(13)7-3-6-21)19-23-17(10-18(25-19)29-2)24-20-22-11-16(12-28)30-20/h10-11,13-15,28H,3-5,7-9,12H2,1-2H3,(H,22,23,24,25)/t13-,14+,15?. The van der Waals surface area contributed by atoms with Crippen molar-refractivity contribution in [3.8, 4) is 11.9 Å². The molecule has 1 unspecified atom stereocenters. The van der Waals surface area contributed by atoms with E-state index in [9.17, 15) is 5.11 Å². The minimum Gasteiger partial charge on any atom is -0.481 e. The number of ether oxygens (including phenoxy) is 1. The number of hydrogen-bond acceptors (Lipinski definition) is 10. The highest BCUT2D eigenvalue weighted by Crippen LogP contribution is 2.38. The van der Waals surface area contributed by atoms with Gasteiger partial charge in [0.25, 0.3) is 0 Å². The summed E-state index contributed by atoms with van der Waals surface area (Å²) >= 11 is 1.38. The van der Waals surface area contributed by atoms with Crippen LogP contribution in [0.2, 0.25) is 0 Å². The molecule has 30 heavy (non-hydrogen) atoms. The van der Waals surface area contributed by atoms with E-state index in [1.165, 1.54) is 24.2 Å². The molecule has 0 aliphatic carbocycles. The zero-order chi connectivity index (χ0) is 21.1. The third kappa shape index (κ3) is 4.33. The Hall–Kier alpha value is -2.48. The number of methoxy groups -OCH3 is 1. The summed E-state index contributed by atoms with van der Waals surface area (Å²) < 4.78 is 5.40. The van der Waals surface area contributed by atoms with E-state index in [1.807, 2.05) is 7.05 Å². The van der Waals surface area contributed by atoms with Crippen LogP contribution >= 0.6 is 11.3 Å². The lowest BCUT2D eigenvalue weighted by Crippen LogP contribution is -2.50. The van der Waals surface area contributed by atoms with Gasteiger partial charge in [-0.25, -0.2) is 4.98 Å². The first-order valence-corrected chi connectivity index (χ1v) is 11.0. The normalized spacial score (nSPS) is 23.2. The monoisotopic (exact) mass is 429 g/mol. The number of nitriles is 1. The van der Waals surface area contributed by atoms with Gasteiger partial charge < -0.3 is 20.1 Å². The van der Waals surface area contributed by atoms with Gasteiger partial charge in [0.1, 0.15) is 5.82 Å². The highest BCUT2D eigenvalue weighted by molar-refractivity contribution is 7.15. The van der Waals surface area contributed by atoms with Crippen molar-refractivity contribution in [1.29, 1.82) is 5.26 Å². The Morgan fingerprint density at radius 2 is 2.13 bits per heavy atom. The number of nitrogens with zero attached hydrogens (tertiary/aromatic N) is 6. The third-order valence-electron chi connectivity index (χ3n) is 6.05. The van der Waals surface area contributed by atoms with Crippen LogP contribution in [0.4, 0.5) is 16.9 Å². The van der Waals surface area contributed by atoms with Gasteiger partial charge in [-0.2, -0.15) is 15.2 Å². The van der Waals surface area contributed by atoms with Gasteiger partial charge in [-0.1, -0.05) is 11.3 Å². The second kappa shape index (κ2) is 9.12. The molecule has 9 nitrogen and oxygen atoms in total. The number of aromatic nitrogens is 3. The number of thiazole rings is 1. The Morgan fingerprint density at radius 1 is 1.37 bits per heavy atom. The molecule has 0 saturated carbocycles. The van der Waals surface area contributed by atoms with Crippen molar-refractivity contribution >= 4 is 28.2 Å². The van der Waals surface area contributed by atoms with Crippen LogP contribution in [0.15, 0.2) is 12.3 Å². The first-order valence-electron chi connectivity index (χ1n) is 10.2. The van der Waals surface area contributed by atoms with E-state index in [-0.39, 0.29) is 6.61 Å². The molecule has 0 aromatic carbocycles. The Labute approximate surface area is 180 Å². The predicted molar refractivity (Wildman–Crippen MR) is 115 cm³/mol. The molecule has 10 heteroatoms. The van der Waals surface area contributed by atoms with Gasteiger partial charge >= 0.3 is 0 Å². The number of fused-ring (bicyclic) bond motifs is 2. The molecule has 4 rings (SSSR count). The van der Waals surface area contributed by atoms with E-state index in [0.717, 1.165) is 24.3 Å². The molecule has 4 heterocycles. The van der Waals surface area contributed by atoms with E-state index >= 15 is 0 Å². The number of anilines is 3. The van der Waals surface area contributed by atoms with Gasteiger partial charge in [0.05, 0.1) is 24.7 Å². The lowest BCUT2D eigenvalue weighted by Gasteiger charge is -2.42. The van der Waals surface area contributed by atoms with Crippen molar-refractivity contribution < 1.29 is 9.84 Å². The number of piperidine rings is 1. The first kappa shape index (κ1) is 20.8. The highest BCUT2D eigenvalue weighted by atomic mass is 32.1. The summed E-state index contributed by atoms with van der Waals surface area (Å²) in [6.45, 7) is 0.839. The van der Waals surface area contributed by atoms with Crippen LogP contribution in [0, 0.1) is 11.3 Å². The Morgan fingerprint density at radius 3 is 2.77 bits per heavy atom. The third-order valence-corrected chi connectivity index (χ3v) is 6.95.